The minimum absolute atomic E-state index is 0.0899. The molecule has 25 heavy (non-hydrogen) atoms. The number of hydrogen-bond acceptors (Lipinski definition) is 7. The van der Waals surface area contributed by atoms with Crippen LogP contribution in [0.15, 0.2) is 12.1 Å². The van der Waals surface area contributed by atoms with Crippen LogP contribution in [0.5, 0.6) is 0 Å². The van der Waals surface area contributed by atoms with Crippen LogP contribution in [0.3, 0.4) is 0 Å². The van der Waals surface area contributed by atoms with Crippen LogP contribution in [-0.4, -0.2) is 52.2 Å². The fraction of sp³-hybridized carbons (Fsp3) is 0.625. The first-order valence-corrected chi connectivity index (χ1v) is 8.29. The second kappa shape index (κ2) is 6.05. The van der Waals surface area contributed by atoms with Gasteiger partial charge in [-0.15, -0.1) is 0 Å². The molecule has 0 spiro atoms. The lowest BCUT2D eigenvalue weighted by Crippen LogP contribution is -2.47. The molecule has 2 bridgehead atoms. The Morgan fingerprint density at radius 1 is 1.36 bits per heavy atom. The van der Waals surface area contributed by atoms with Gasteiger partial charge >= 0.3 is 11.8 Å². The van der Waals surface area contributed by atoms with Gasteiger partial charge in [0.1, 0.15) is 11.4 Å². The van der Waals surface area contributed by atoms with Crippen molar-refractivity contribution in [1.82, 2.24) is 9.88 Å². The third kappa shape index (κ3) is 3.59. The zero-order valence-corrected chi connectivity index (χ0v) is 14.6. The molecule has 2 atom stereocenters. The third-order valence-electron chi connectivity index (χ3n) is 4.44. The van der Waals surface area contributed by atoms with Gasteiger partial charge in [0.25, 0.3) is 0 Å². The number of piperidine rings is 1. The number of nitro groups is 1. The van der Waals surface area contributed by atoms with Crippen LogP contribution in [0, 0.1) is 16.0 Å². The highest BCUT2D eigenvalue weighted by atomic mass is 16.6. The van der Waals surface area contributed by atoms with E-state index in [1.165, 1.54) is 6.07 Å². The summed E-state index contributed by atoms with van der Waals surface area (Å²) in [5.41, 5.74) is 4.99. The minimum atomic E-state index is -0.543. The number of nitrogens with zero attached hydrogens (tertiary/aromatic N) is 4. The van der Waals surface area contributed by atoms with Crippen molar-refractivity contribution in [3.05, 3.63) is 22.2 Å². The number of carbonyl (C=O) groups is 1. The quantitative estimate of drug-likeness (QED) is 0.641. The Morgan fingerprint density at radius 3 is 2.68 bits per heavy atom. The Morgan fingerprint density at radius 2 is 2.08 bits per heavy atom. The molecule has 2 saturated heterocycles. The van der Waals surface area contributed by atoms with Crippen molar-refractivity contribution in [2.45, 2.75) is 38.8 Å². The van der Waals surface area contributed by atoms with Gasteiger partial charge in [0.05, 0.1) is 4.92 Å². The second-order valence-electron chi connectivity index (χ2n) is 7.62. The highest BCUT2D eigenvalue weighted by molar-refractivity contribution is 5.69. The molecule has 2 N–H and O–H groups in total. The molecule has 0 aliphatic carbocycles. The Bertz CT molecular complexity index is 702. The van der Waals surface area contributed by atoms with Crippen LogP contribution < -0.4 is 10.6 Å². The second-order valence-corrected chi connectivity index (χ2v) is 7.62. The predicted molar refractivity (Wildman–Crippen MR) is 92.4 cm³/mol. The third-order valence-corrected chi connectivity index (χ3v) is 4.44. The summed E-state index contributed by atoms with van der Waals surface area (Å²) < 4.78 is 5.46. The molecule has 2 fully saturated rings. The Labute approximate surface area is 145 Å². The zero-order chi connectivity index (χ0) is 18.4. The van der Waals surface area contributed by atoms with E-state index in [1.807, 2.05) is 20.8 Å². The normalized spacial score (nSPS) is 22.8. The van der Waals surface area contributed by atoms with E-state index >= 15 is 0 Å². The number of likely N-dealkylation sites (tertiary alicyclic amines) is 1. The summed E-state index contributed by atoms with van der Waals surface area (Å²) in [6.45, 7) is 7.47. The summed E-state index contributed by atoms with van der Waals surface area (Å²) in [7, 11) is 0. The Balaban J connectivity index is 1.74. The van der Waals surface area contributed by atoms with Crippen molar-refractivity contribution in [3.8, 4) is 0 Å². The molecule has 1 aromatic rings. The first-order valence-electron chi connectivity index (χ1n) is 8.29. The molecule has 2 aliphatic rings. The number of fused-ring (bicyclic) bond motifs is 2. The maximum atomic E-state index is 12.3. The van der Waals surface area contributed by atoms with E-state index in [1.54, 1.807) is 11.0 Å². The average molecular weight is 349 g/mol. The maximum Gasteiger partial charge on any atom is 0.410 e. The van der Waals surface area contributed by atoms with Crippen molar-refractivity contribution in [2.75, 3.05) is 30.3 Å². The van der Waals surface area contributed by atoms with Gasteiger partial charge < -0.3 is 20.3 Å². The van der Waals surface area contributed by atoms with E-state index in [4.69, 9.17) is 10.5 Å². The lowest BCUT2D eigenvalue weighted by Gasteiger charge is -2.34. The number of nitrogens with two attached hydrogens (primary N) is 1. The Kier molecular flexibility index (Phi) is 4.18. The van der Waals surface area contributed by atoms with Crippen LogP contribution in [0.4, 0.5) is 22.1 Å². The van der Waals surface area contributed by atoms with E-state index in [9.17, 15) is 14.9 Å². The van der Waals surface area contributed by atoms with E-state index < -0.39 is 10.5 Å². The van der Waals surface area contributed by atoms with Crippen LogP contribution in [-0.2, 0) is 4.74 Å². The molecule has 3 rings (SSSR count). The number of hydrogen-bond donors (Lipinski definition) is 1. The molecule has 136 valence electrons. The number of pyridine rings is 1. The number of rotatable bonds is 2. The fourth-order valence-corrected chi connectivity index (χ4v) is 3.49. The molecule has 9 heteroatoms. The highest BCUT2D eigenvalue weighted by Crippen LogP contribution is 2.34. The van der Waals surface area contributed by atoms with E-state index in [-0.39, 0.29) is 23.6 Å². The van der Waals surface area contributed by atoms with E-state index in [0.717, 1.165) is 13.0 Å². The molecule has 1 amide bonds. The van der Waals surface area contributed by atoms with Crippen molar-refractivity contribution in [3.63, 3.8) is 0 Å². The van der Waals surface area contributed by atoms with Crippen molar-refractivity contribution in [2.24, 2.45) is 5.92 Å². The first kappa shape index (κ1) is 17.2. The molecular formula is C16H23N5O4. The van der Waals surface area contributed by atoms with Gasteiger partial charge in [-0.2, -0.15) is 0 Å². The summed E-state index contributed by atoms with van der Waals surface area (Å²) in [5, 5.41) is 10.9. The average Bonchev–Trinajstić information content (AvgIpc) is 2.79. The van der Waals surface area contributed by atoms with Gasteiger partial charge in [0.15, 0.2) is 0 Å². The standard InChI is InChI=1S/C16H23N5O4/c1-16(2,3)25-15(22)19-7-10-6-11(9-19)20(8-10)13-5-4-12(21(23)24)14(17)18-13/h4-5,10-11H,6-9H2,1-3H3,(H2,17,18). The largest absolute Gasteiger partial charge is 0.444 e. The molecule has 3 heterocycles. The Hall–Kier alpha value is -2.58. The molecule has 2 aliphatic heterocycles. The molecule has 9 nitrogen and oxygen atoms in total. The minimum Gasteiger partial charge on any atom is -0.444 e. The van der Waals surface area contributed by atoms with Gasteiger partial charge in [-0.3, -0.25) is 10.1 Å². The molecule has 1 aromatic heterocycles. The number of ether oxygens (including phenoxy) is 1. The predicted octanol–water partition coefficient (Wildman–Crippen LogP) is 2.02. The summed E-state index contributed by atoms with van der Waals surface area (Å²) >= 11 is 0. The summed E-state index contributed by atoms with van der Waals surface area (Å²) in [4.78, 5) is 30.7. The summed E-state index contributed by atoms with van der Waals surface area (Å²) in [6.07, 6.45) is 0.651. The highest BCUT2D eigenvalue weighted by Gasteiger charge is 2.41. The summed E-state index contributed by atoms with van der Waals surface area (Å²) in [5.74, 6) is 0.846. The number of anilines is 2. The van der Waals surface area contributed by atoms with Crippen molar-refractivity contribution in [1.29, 1.82) is 0 Å². The van der Waals surface area contributed by atoms with Crippen LogP contribution in [0.2, 0.25) is 0 Å². The van der Waals surface area contributed by atoms with Crippen LogP contribution in [0.1, 0.15) is 27.2 Å². The van der Waals surface area contributed by atoms with E-state index in [0.29, 0.717) is 24.8 Å². The molecular weight excluding hydrogens is 326 g/mol. The van der Waals surface area contributed by atoms with Gasteiger partial charge in [-0.25, -0.2) is 9.78 Å². The molecule has 0 aromatic carbocycles. The maximum absolute atomic E-state index is 12.3. The number of carbonyl (C=O) groups excluding carboxylic acids is 1. The topological polar surface area (TPSA) is 115 Å². The van der Waals surface area contributed by atoms with E-state index in [2.05, 4.69) is 9.88 Å². The van der Waals surface area contributed by atoms with Gasteiger partial charge in [-0.1, -0.05) is 0 Å². The molecule has 0 saturated carbocycles. The van der Waals surface area contributed by atoms with Gasteiger partial charge in [0.2, 0.25) is 5.82 Å². The van der Waals surface area contributed by atoms with Gasteiger partial charge in [-0.05, 0) is 39.2 Å². The molecule has 2 unspecified atom stereocenters. The smallest absolute Gasteiger partial charge is 0.410 e. The van der Waals surface area contributed by atoms with Crippen LogP contribution in [0.25, 0.3) is 0 Å². The zero-order valence-electron chi connectivity index (χ0n) is 14.6. The lowest BCUT2D eigenvalue weighted by atomic mass is 10.0. The monoisotopic (exact) mass is 349 g/mol. The fourth-order valence-electron chi connectivity index (χ4n) is 3.49. The number of aromatic nitrogens is 1. The van der Waals surface area contributed by atoms with Gasteiger partial charge in [0, 0.05) is 31.7 Å². The number of amides is 1. The summed E-state index contributed by atoms with van der Waals surface area (Å²) in [6, 6.07) is 3.11. The first-order chi connectivity index (χ1) is 11.6. The lowest BCUT2D eigenvalue weighted by molar-refractivity contribution is -0.384. The van der Waals surface area contributed by atoms with Crippen molar-refractivity contribution >= 4 is 23.4 Å². The SMILES string of the molecule is CC(C)(C)OC(=O)N1CC2CC(C1)N(c1ccc([N+](=O)[O-])c(N)n1)C2. The van der Waals surface area contributed by atoms with Crippen molar-refractivity contribution < 1.29 is 14.5 Å². The van der Waals surface area contributed by atoms with Crippen LogP contribution >= 0.6 is 0 Å². The molecule has 0 radical (unpaired) electrons. The number of nitrogen functional groups attached to an aromatic ring is 1.